The lowest BCUT2D eigenvalue weighted by atomic mass is 10.2. The Kier molecular flexibility index (Phi) is 3.27. The summed E-state index contributed by atoms with van der Waals surface area (Å²) in [5.74, 6) is 0. The first-order chi connectivity index (χ1) is 7.79. The Labute approximate surface area is 96.8 Å². The lowest BCUT2D eigenvalue weighted by molar-refractivity contribution is 0.108. The van der Waals surface area contributed by atoms with E-state index in [1.165, 1.54) is 0 Å². The van der Waals surface area contributed by atoms with Crippen molar-refractivity contribution < 1.29 is 4.79 Å². The molecule has 2 aromatic rings. The highest BCUT2D eigenvalue weighted by molar-refractivity contribution is 8.01. The van der Waals surface area contributed by atoms with Gasteiger partial charge in [0.2, 0.25) is 5.12 Å². The Morgan fingerprint density at radius 2 is 1.38 bits per heavy atom. The summed E-state index contributed by atoms with van der Waals surface area (Å²) in [6.07, 6.45) is 0. The van der Waals surface area contributed by atoms with Crippen molar-refractivity contribution in [2.45, 2.75) is 4.90 Å². The van der Waals surface area contributed by atoms with Crippen LogP contribution in [0.1, 0.15) is 10.4 Å². The maximum absolute atomic E-state index is 12.0. The number of rotatable bonds is 2. The molecule has 0 saturated carbocycles. The molecule has 0 spiro atoms. The Bertz CT molecular complexity index is 458. The molecule has 0 fully saturated rings. The maximum atomic E-state index is 12.0. The van der Waals surface area contributed by atoms with Gasteiger partial charge in [-0.15, -0.1) is 0 Å². The molecule has 2 aromatic carbocycles. The van der Waals surface area contributed by atoms with E-state index in [9.17, 15) is 4.79 Å². The van der Waals surface area contributed by atoms with Gasteiger partial charge in [-0.2, -0.15) is 0 Å². The van der Waals surface area contributed by atoms with E-state index < -0.39 is 10.7 Å². The molecule has 0 amide bonds. The number of hydrogen-bond acceptors (Lipinski definition) is 2. The third kappa shape index (κ3) is 2.25. The van der Waals surface area contributed by atoms with E-state index in [4.69, 9.17) is 4.78 Å². The standard InChI is InChI=1S/C13H11NOS/c14-16(12-9-5-2-6-10-12)13(15)11-7-3-1-4-8-11/h1-10,14H. The number of hydrogen-bond donors (Lipinski definition) is 1. The third-order valence-corrected chi connectivity index (χ3v) is 3.52. The zero-order valence-electron chi connectivity index (χ0n) is 8.59. The van der Waals surface area contributed by atoms with Crippen LogP contribution in [0.15, 0.2) is 65.6 Å². The third-order valence-electron chi connectivity index (χ3n) is 2.17. The van der Waals surface area contributed by atoms with E-state index in [1.54, 1.807) is 12.1 Å². The SMILES string of the molecule is N=S(C(=O)c1ccccc1)c1ccccc1. The molecule has 0 aliphatic rings. The topological polar surface area (TPSA) is 40.9 Å². The van der Waals surface area contributed by atoms with Gasteiger partial charge >= 0.3 is 0 Å². The van der Waals surface area contributed by atoms with E-state index in [1.807, 2.05) is 48.5 Å². The Hall–Kier alpha value is -1.74. The zero-order chi connectivity index (χ0) is 11.4. The van der Waals surface area contributed by atoms with Gasteiger partial charge in [-0.05, 0) is 22.8 Å². The molecule has 0 saturated heterocycles. The van der Waals surface area contributed by atoms with Crippen molar-refractivity contribution in [3.05, 3.63) is 66.2 Å². The van der Waals surface area contributed by atoms with E-state index in [0.717, 1.165) is 4.90 Å². The molecule has 0 bridgehead atoms. The quantitative estimate of drug-likeness (QED) is 0.843. The lowest BCUT2D eigenvalue weighted by Crippen LogP contribution is -2.06. The van der Waals surface area contributed by atoms with Crippen LogP contribution in [0.4, 0.5) is 0 Å². The van der Waals surface area contributed by atoms with Crippen molar-refractivity contribution in [2.24, 2.45) is 0 Å². The van der Waals surface area contributed by atoms with Crippen LogP contribution >= 0.6 is 0 Å². The first-order valence-electron chi connectivity index (χ1n) is 4.89. The lowest BCUT2D eigenvalue weighted by Gasteiger charge is -2.03. The van der Waals surface area contributed by atoms with Gasteiger partial charge in [0.05, 0.1) is 0 Å². The monoisotopic (exact) mass is 229 g/mol. The van der Waals surface area contributed by atoms with Crippen molar-refractivity contribution in [2.75, 3.05) is 0 Å². The van der Waals surface area contributed by atoms with Crippen LogP contribution in [-0.4, -0.2) is 5.12 Å². The number of carbonyl (C=O) groups is 1. The van der Waals surface area contributed by atoms with Crippen LogP contribution in [0.25, 0.3) is 0 Å². The first-order valence-corrected chi connectivity index (χ1v) is 6.11. The van der Waals surface area contributed by atoms with Gasteiger partial charge < -0.3 is 0 Å². The molecule has 0 aromatic heterocycles. The summed E-state index contributed by atoms with van der Waals surface area (Å²) in [7, 11) is -1.12. The summed E-state index contributed by atoms with van der Waals surface area (Å²) in [6.45, 7) is 0. The molecule has 0 aliphatic carbocycles. The Balaban J connectivity index is 2.28. The normalized spacial score (nSPS) is 12.0. The second-order valence-corrected chi connectivity index (χ2v) is 4.73. The van der Waals surface area contributed by atoms with E-state index in [2.05, 4.69) is 0 Å². The summed E-state index contributed by atoms with van der Waals surface area (Å²) in [6, 6.07) is 18.2. The highest BCUT2D eigenvalue weighted by atomic mass is 32.2. The van der Waals surface area contributed by atoms with Crippen molar-refractivity contribution in [3.63, 3.8) is 0 Å². The first kappa shape index (κ1) is 10.8. The molecular formula is C13H11NOS. The minimum absolute atomic E-state index is 0.133. The van der Waals surface area contributed by atoms with Gasteiger partial charge in [-0.25, -0.2) is 0 Å². The molecule has 0 radical (unpaired) electrons. The average molecular weight is 229 g/mol. The number of nitrogens with one attached hydrogen (secondary N) is 1. The minimum atomic E-state index is -1.12. The number of benzene rings is 2. The molecule has 2 rings (SSSR count). The molecule has 2 nitrogen and oxygen atoms in total. The van der Waals surface area contributed by atoms with Crippen molar-refractivity contribution in [3.8, 4) is 0 Å². The van der Waals surface area contributed by atoms with Crippen LogP contribution in [0.5, 0.6) is 0 Å². The van der Waals surface area contributed by atoms with Gasteiger partial charge in [0.15, 0.2) is 0 Å². The molecular weight excluding hydrogens is 218 g/mol. The van der Waals surface area contributed by atoms with Crippen LogP contribution in [0, 0.1) is 4.78 Å². The Morgan fingerprint density at radius 3 is 1.94 bits per heavy atom. The van der Waals surface area contributed by atoms with Crippen LogP contribution in [0.2, 0.25) is 0 Å². The fraction of sp³-hybridized carbons (Fsp3) is 0. The van der Waals surface area contributed by atoms with Crippen molar-refractivity contribution >= 4 is 15.8 Å². The number of carbonyl (C=O) groups excluding carboxylic acids is 1. The van der Waals surface area contributed by atoms with Gasteiger partial charge in [-0.1, -0.05) is 48.5 Å². The molecule has 1 unspecified atom stereocenters. The predicted octanol–water partition coefficient (Wildman–Crippen LogP) is 3.27. The van der Waals surface area contributed by atoms with Crippen LogP contribution in [-0.2, 0) is 10.7 Å². The summed E-state index contributed by atoms with van der Waals surface area (Å²) >= 11 is 0. The second-order valence-electron chi connectivity index (χ2n) is 3.27. The summed E-state index contributed by atoms with van der Waals surface area (Å²) in [5, 5.41) is -0.133. The van der Waals surface area contributed by atoms with Gasteiger partial charge in [-0.3, -0.25) is 9.57 Å². The molecule has 16 heavy (non-hydrogen) atoms. The second kappa shape index (κ2) is 4.86. The molecule has 1 atom stereocenters. The maximum Gasteiger partial charge on any atom is 0.234 e. The van der Waals surface area contributed by atoms with E-state index >= 15 is 0 Å². The van der Waals surface area contributed by atoms with Crippen molar-refractivity contribution in [1.82, 2.24) is 0 Å². The van der Waals surface area contributed by atoms with E-state index in [0.29, 0.717) is 5.56 Å². The molecule has 0 aliphatic heterocycles. The highest BCUT2D eigenvalue weighted by Crippen LogP contribution is 2.12. The fourth-order valence-corrected chi connectivity index (χ4v) is 2.37. The van der Waals surface area contributed by atoms with Crippen molar-refractivity contribution in [1.29, 1.82) is 4.78 Å². The fourth-order valence-electron chi connectivity index (χ4n) is 1.36. The van der Waals surface area contributed by atoms with Gasteiger partial charge in [0.25, 0.3) is 0 Å². The van der Waals surface area contributed by atoms with Crippen LogP contribution in [0.3, 0.4) is 0 Å². The molecule has 3 heteroatoms. The predicted molar refractivity (Wildman–Crippen MR) is 65.6 cm³/mol. The smallest absolute Gasteiger partial charge is 0.234 e. The molecule has 1 N–H and O–H groups in total. The van der Waals surface area contributed by atoms with Gasteiger partial charge in [0, 0.05) is 10.5 Å². The van der Waals surface area contributed by atoms with Crippen LogP contribution < -0.4 is 0 Å². The largest absolute Gasteiger partial charge is 0.280 e. The zero-order valence-corrected chi connectivity index (χ0v) is 9.41. The summed E-state index contributed by atoms with van der Waals surface area (Å²) in [5.41, 5.74) is 0.602. The Morgan fingerprint density at radius 1 is 0.875 bits per heavy atom. The average Bonchev–Trinajstić information content (AvgIpc) is 2.39. The molecule has 0 heterocycles. The van der Waals surface area contributed by atoms with E-state index in [-0.39, 0.29) is 5.12 Å². The molecule has 80 valence electrons. The summed E-state index contributed by atoms with van der Waals surface area (Å²) < 4.78 is 7.93. The van der Waals surface area contributed by atoms with Gasteiger partial charge in [0.1, 0.15) is 0 Å². The summed E-state index contributed by atoms with van der Waals surface area (Å²) in [4.78, 5) is 12.7. The highest BCUT2D eigenvalue weighted by Gasteiger charge is 2.11. The minimum Gasteiger partial charge on any atom is -0.280 e.